The summed E-state index contributed by atoms with van der Waals surface area (Å²) in [7, 11) is 0. The lowest BCUT2D eigenvalue weighted by molar-refractivity contribution is -0.0730. The van der Waals surface area contributed by atoms with Crippen molar-refractivity contribution in [2.45, 2.75) is 95.5 Å². The van der Waals surface area contributed by atoms with E-state index < -0.39 is 31.0 Å². The second-order valence-electron chi connectivity index (χ2n) is 6.97. The van der Waals surface area contributed by atoms with E-state index in [1.54, 1.807) is 0 Å². The molecule has 0 aromatic rings. The average Bonchev–Trinajstić information content (AvgIpc) is 2.99. The first-order valence-electron chi connectivity index (χ1n) is 10.1. The zero-order valence-corrected chi connectivity index (χ0v) is 15.8. The Balaban J connectivity index is 1.89. The molecule has 0 spiro atoms. The van der Waals surface area contributed by atoms with Gasteiger partial charge in [0.05, 0.1) is 13.2 Å². The van der Waals surface area contributed by atoms with E-state index in [-0.39, 0.29) is 6.61 Å². The van der Waals surface area contributed by atoms with E-state index in [1.807, 2.05) is 0 Å². The van der Waals surface area contributed by atoms with Gasteiger partial charge < -0.3 is 24.8 Å². The molecule has 1 saturated heterocycles. The highest BCUT2D eigenvalue weighted by atomic mass is 16.6. The van der Waals surface area contributed by atoms with Crippen molar-refractivity contribution in [3.05, 3.63) is 12.2 Å². The van der Waals surface area contributed by atoms with Crippen molar-refractivity contribution in [1.29, 1.82) is 0 Å². The van der Waals surface area contributed by atoms with Crippen LogP contribution in [0.3, 0.4) is 0 Å². The Morgan fingerprint density at radius 3 is 2.36 bits per heavy atom. The van der Waals surface area contributed by atoms with Crippen LogP contribution in [0.2, 0.25) is 0 Å². The Labute approximate surface area is 153 Å². The molecule has 25 heavy (non-hydrogen) atoms. The van der Waals surface area contributed by atoms with Crippen molar-refractivity contribution in [3.63, 3.8) is 0 Å². The molecule has 0 unspecified atom stereocenters. The third kappa shape index (κ3) is 9.71. The molecule has 0 aliphatic carbocycles. The van der Waals surface area contributed by atoms with E-state index in [4.69, 9.17) is 14.6 Å². The van der Waals surface area contributed by atoms with Gasteiger partial charge in [0, 0.05) is 6.61 Å². The van der Waals surface area contributed by atoms with Gasteiger partial charge >= 0.3 is 0 Å². The first-order chi connectivity index (χ1) is 12.2. The van der Waals surface area contributed by atoms with Gasteiger partial charge in [0.15, 0.2) is 0 Å². The van der Waals surface area contributed by atoms with Gasteiger partial charge in [-0.1, -0.05) is 57.6 Å². The minimum atomic E-state index is -1.05. The minimum absolute atomic E-state index is 0.273. The lowest BCUT2D eigenvalue weighted by atomic mass is 10.1. The fourth-order valence-corrected chi connectivity index (χ4v) is 3.09. The molecule has 0 amide bonds. The summed E-state index contributed by atoms with van der Waals surface area (Å²) in [5.41, 5.74) is 0. The second kappa shape index (κ2) is 14.7. The van der Waals surface area contributed by atoms with Crippen molar-refractivity contribution in [3.8, 4) is 0 Å². The number of rotatable bonds is 15. The van der Waals surface area contributed by atoms with Crippen molar-refractivity contribution in [2.75, 3.05) is 19.8 Å². The maximum Gasteiger partial charge on any atom is 0.114 e. The Morgan fingerprint density at radius 2 is 1.68 bits per heavy atom. The van der Waals surface area contributed by atoms with Crippen LogP contribution < -0.4 is 0 Å². The second-order valence-corrected chi connectivity index (χ2v) is 6.97. The van der Waals surface area contributed by atoms with E-state index >= 15 is 0 Å². The maximum absolute atomic E-state index is 10.0. The summed E-state index contributed by atoms with van der Waals surface area (Å²) < 4.78 is 11.0. The van der Waals surface area contributed by atoms with Gasteiger partial charge in [0.2, 0.25) is 0 Å². The summed E-state index contributed by atoms with van der Waals surface area (Å²) in [4.78, 5) is 0. The van der Waals surface area contributed by atoms with Crippen LogP contribution in [0.4, 0.5) is 0 Å². The van der Waals surface area contributed by atoms with Crippen LogP contribution in [0.1, 0.15) is 71.1 Å². The molecule has 3 N–H and O–H groups in total. The normalized spacial score (nSPS) is 25.0. The van der Waals surface area contributed by atoms with Crippen LogP contribution in [-0.2, 0) is 9.47 Å². The summed E-state index contributed by atoms with van der Waals surface area (Å²) in [6.07, 6.45) is 13.7. The molecule has 1 fully saturated rings. The van der Waals surface area contributed by atoms with Gasteiger partial charge in [0.25, 0.3) is 0 Å². The quantitative estimate of drug-likeness (QED) is 0.310. The topological polar surface area (TPSA) is 79.2 Å². The van der Waals surface area contributed by atoms with E-state index in [0.717, 1.165) is 12.8 Å². The van der Waals surface area contributed by atoms with E-state index in [0.29, 0.717) is 6.61 Å². The Morgan fingerprint density at radius 1 is 1.04 bits per heavy atom. The molecular weight excluding hydrogens is 320 g/mol. The summed E-state index contributed by atoms with van der Waals surface area (Å²) in [6, 6.07) is 0. The van der Waals surface area contributed by atoms with Gasteiger partial charge in [0.1, 0.15) is 24.4 Å². The van der Waals surface area contributed by atoms with E-state index in [2.05, 4.69) is 19.1 Å². The summed E-state index contributed by atoms with van der Waals surface area (Å²) in [5.74, 6) is 0. The van der Waals surface area contributed by atoms with Crippen molar-refractivity contribution >= 4 is 0 Å². The SMILES string of the molecule is CCC/C=C/CCCCCCCCCO[C@H]1CO[C@@H]([C@H](O)CO)[C@H]1O. The number of aliphatic hydroxyl groups excluding tert-OH is 3. The lowest BCUT2D eigenvalue weighted by Gasteiger charge is -2.20. The number of unbranched alkanes of at least 4 members (excludes halogenated alkanes) is 8. The Hall–Kier alpha value is -0.460. The third-order valence-electron chi connectivity index (χ3n) is 4.71. The highest BCUT2D eigenvalue weighted by Gasteiger charge is 2.40. The molecule has 148 valence electrons. The average molecular weight is 359 g/mol. The maximum atomic E-state index is 10.0. The van der Waals surface area contributed by atoms with Crippen molar-refractivity contribution in [1.82, 2.24) is 0 Å². The first-order valence-corrected chi connectivity index (χ1v) is 10.1. The molecule has 5 nitrogen and oxygen atoms in total. The van der Waals surface area contributed by atoms with Crippen molar-refractivity contribution in [2.24, 2.45) is 0 Å². The molecule has 0 radical (unpaired) electrons. The van der Waals surface area contributed by atoms with Gasteiger partial charge in [-0.05, 0) is 25.7 Å². The lowest BCUT2D eigenvalue weighted by Crippen LogP contribution is -2.41. The first kappa shape index (κ1) is 22.6. The van der Waals surface area contributed by atoms with Gasteiger partial charge in [-0.3, -0.25) is 0 Å². The molecule has 1 rings (SSSR count). The smallest absolute Gasteiger partial charge is 0.114 e. The third-order valence-corrected chi connectivity index (χ3v) is 4.71. The minimum Gasteiger partial charge on any atom is -0.394 e. The molecule has 1 aliphatic rings. The number of hydrogen-bond acceptors (Lipinski definition) is 5. The number of allylic oxidation sites excluding steroid dienone is 2. The molecule has 5 heteroatoms. The molecule has 1 aliphatic heterocycles. The highest BCUT2D eigenvalue weighted by molar-refractivity contribution is 4.88. The predicted molar refractivity (Wildman–Crippen MR) is 99.6 cm³/mol. The molecule has 0 aromatic carbocycles. The summed E-state index contributed by atoms with van der Waals surface area (Å²) >= 11 is 0. The zero-order valence-electron chi connectivity index (χ0n) is 15.8. The molecule has 0 bridgehead atoms. The van der Waals surface area contributed by atoms with Crippen LogP contribution in [0.15, 0.2) is 12.2 Å². The number of hydrogen-bond donors (Lipinski definition) is 3. The van der Waals surface area contributed by atoms with Crippen molar-refractivity contribution < 1.29 is 24.8 Å². The van der Waals surface area contributed by atoms with E-state index in [9.17, 15) is 10.2 Å². The Bertz CT molecular complexity index is 334. The number of aliphatic hydroxyl groups is 3. The summed E-state index contributed by atoms with van der Waals surface area (Å²) in [6.45, 7) is 2.67. The van der Waals surface area contributed by atoms with Crippen LogP contribution in [-0.4, -0.2) is 59.6 Å². The van der Waals surface area contributed by atoms with Crippen LogP contribution in [0.5, 0.6) is 0 Å². The monoisotopic (exact) mass is 358 g/mol. The predicted octanol–water partition coefficient (Wildman–Crippen LogP) is 2.96. The Kier molecular flexibility index (Phi) is 13.3. The standard InChI is InChI=1S/C20H38O5/c1-2-3-4-5-6-7-8-9-10-11-12-13-14-24-18-16-25-20(19(18)23)17(22)15-21/h4-5,17-23H,2-3,6-16H2,1H3/b5-4+/t17-,18+,19+,20+/m1/s1. The van der Waals surface area contributed by atoms with Crippen LogP contribution in [0, 0.1) is 0 Å². The van der Waals surface area contributed by atoms with Crippen LogP contribution >= 0.6 is 0 Å². The van der Waals surface area contributed by atoms with Gasteiger partial charge in [-0.15, -0.1) is 0 Å². The highest BCUT2D eigenvalue weighted by Crippen LogP contribution is 2.20. The van der Waals surface area contributed by atoms with Gasteiger partial charge in [-0.25, -0.2) is 0 Å². The summed E-state index contributed by atoms with van der Waals surface area (Å²) in [5, 5.41) is 28.5. The molecule has 1 heterocycles. The fraction of sp³-hybridized carbons (Fsp3) is 0.900. The molecule has 0 aromatic heterocycles. The van der Waals surface area contributed by atoms with Gasteiger partial charge in [-0.2, -0.15) is 0 Å². The zero-order chi connectivity index (χ0) is 18.3. The molecular formula is C20H38O5. The fourth-order valence-electron chi connectivity index (χ4n) is 3.09. The molecule has 4 atom stereocenters. The van der Waals surface area contributed by atoms with Crippen LogP contribution in [0.25, 0.3) is 0 Å². The number of ether oxygens (including phenoxy) is 2. The largest absolute Gasteiger partial charge is 0.394 e. The van der Waals surface area contributed by atoms with E-state index in [1.165, 1.54) is 51.4 Å². The molecule has 0 saturated carbocycles.